The van der Waals surface area contributed by atoms with Crippen LogP contribution in [0.4, 0.5) is 0 Å². The first kappa shape index (κ1) is 18.1. The second-order valence-electron chi connectivity index (χ2n) is 4.36. The molecular formula is C16H14KNO3. The standard InChI is InChI=1S/C16H15NO3.K/c18-15-9-5-4-8-13(15)11-17-14(16(19)20)10-12-6-2-1-3-7-12;/h1-9,11,14,18H,10H2,(H,19,20);/q;+1/p-1. The van der Waals surface area contributed by atoms with Crippen molar-refractivity contribution in [1.29, 1.82) is 0 Å². The van der Waals surface area contributed by atoms with Crippen molar-refractivity contribution < 1.29 is 66.4 Å². The molecule has 0 bridgehead atoms. The molecule has 0 radical (unpaired) electrons. The Kier molecular flexibility index (Phi) is 7.85. The smallest absolute Gasteiger partial charge is 0.548 e. The largest absolute Gasteiger partial charge is 1.00 e. The number of hydrogen-bond donors (Lipinski definition) is 1. The number of nitrogens with zero attached hydrogens (tertiary/aromatic N) is 1. The van der Waals surface area contributed by atoms with Gasteiger partial charge < -0.3 is 15.0 Å². The van der Waals surface area contributed by atoms with Crippen LogP contribution in [0, 0.1) is 0 Å². The molecule has 0 fully saturated rings. The Morgan fingerprint density at radius 1 is 1.14 bits per heavy atom. The van der Waals surface area contributed by atoms with E-state index in [0.717, 1.165) is 5.56 Å². The summed E-state index contributed by atoms with van der Waals surface area (Å²) in [5, 5.41) is 20.7. The number of phenols is 1. The normalized spacial score (nSPS) is 11.8. The molecule has 0 aliphatic carbocycles. The van der Waals surface area contributed by atoms with Gasteiger partial charge in [-0.15, -0.1) is 0 Å². The summed E-state index contributed by atoms with van der Waals surface area (Å²) in [4.78, 5) is 15.1. The van der Waals surface area contributed by atoms with E-state index in [4.69, 9.17) is 0 Å². The molecule has 1 N–H and O–H groups in total. The van der Waals surface area contributed by atoms with Crippen LogP contribution in [0.15, 0.2) is 59.6 Å². The fraction of sp³-hybridized carbons (Fsp3) is 0.125. The van der Waals surface area contributed by atoms with Crippen molar-refractivity contribution in [3.8, 4) is 5.75 Å². The fourth-order valence-corrected chi connectivity index (χ4v) is 1.80. The topological polar surface area (TPSA) is 72.7 Å². The molecule has 0 amide bonds. The van der Waals surface area contributed by atoms with Crippen molar-refractivity contribution >= 4 is 12.2 Å². The molecule has 4 nitrogen and oxygen atoms in total. The van der Waals surface area contributed by atoms with Crippen LogP contribution in [-0.4, -0.2) is 23.3 Å². The third-order valence-electron chi connectivity index (χ3n) is 2.87. The molecule has 2 aromatic carbocycles. The van der Waals surface area contributed by atoms with E-state index in [1.54, 1.807) is 18.2 Å². The number of carboxylic acid groups (broad SMARTS) is 1. The maximum absolute atomic E-state index is 11.1. The summed E-state index contributed by atoms with van der Waals surface area (Å²) in [6.07, 6.45) is 1.62. The van der Waals surface area contributed by atoms with Crippen LogP contribution in [-0.2, 0) is 11.2 Å². The number of carboxylic acids is 1. The number of phenolic OH excluding ortho intramolecular Hbond substituents is 1. The van der Waals surface area contributed by atoms with E-state index in [-0.39, 0.29) is 63.6 Å². The molecule has 0 aliphatic rings. The number of aliphatic imine (C=N–C) groups is 1. The van der Waals surface area contributed by atoms with Crippen molar-refractivity contribution in [3.05, 3.63) is 65.7 Å². The molecule has 0 saturated carbocycles. The number of carbonyl (C=O) groups excluding carboxylic acids is 1. The molecule has 0 aliphatic heterocycles. The zero-order valence-electron chi connectivity index (χ0n) is 11.8. The fourth-order valence-electron chi connectivity index (χ4n) is 1.80. The number of rotatable bonds is 5. The molecule has 1 atom stereocenters. The van der Waals surface area contributed by atoms with Gasteiger partial charge in [0.05, 0.1) is 12.0 Å². The van der Waals surface area contributed by atoms with E-state index in [9.17, 15) is 15.0 Å². The van der Waals surface area contributed by atoms with Crippen LogP contribution < -0.4 is 56.5 Å². The van der Waals surface area contributed by atoms with E-state index < -0.39 is 12.0 Å². The summed E-state index contributed by atoms with van der Waals surface area (Å²) in [6, 6.07) is 14.9. The van der Waals surface area contributed by atoms with Crippen molar-refractivity contribution in [1.82, 2.24) is 0 Å². The van der Waals surface area contributed by atoms with Gasteiger partial charge in [0.1, 0.15) is 5.75 Å². The minimum atomic E-state index is -1.24. The Hall–Kier alpha value is -0.984. The Balaban J connectivity index is 0.00000220. The Morgan fingerprint density at radius 2 is 1.76 bits per heavy atom. The first-order valence-corrected chi connectivity index (χ1v) is 6.23. The number of para-hydroxylation sites is 1. The summed E-state index contributed by atoms with van der Waals surface area (Å²) in [5.74, 6) is -1.17. The molecule has 0 spiro atoms. The Bertz CT molecular complexity index is 614. The number of hydrogen-bond acceptors (Lipinski definition) is 4. The zero-order chi connectivity index (χ0) is 14.4. The van der Waals surface area contributed by atoms with Gasteiger partial charge in [0, 0.05) is 18.2 Å². The van der Waals surface area contributed by atoms with E-state index >= 15 is 0 Å². The molecular weight excluding hydrogens is 293 g/mol. The van der Waals surface area contributed by atoms with Gasteiger partial charge in [0.2, 0.25) is 0 Å². The van der Waals surface area contributed by atoms with Crippen molar-refractivity contribution in [2.75, 3.05) is 0 Å². The summed E-state index contributed by atoms with van der Waals surface area (Å²) in [5.41, 5.74) is 1.35. The Morgan fingerprint density at radius 3 is 2.38 bits per heavy atom. The van der Waals surface area contributed by atoms with E-state index in [2.05, 4.69) is 4.99 Å². The predicted molar refractivity (Wildman–Crippen MR) is 74.6 cm³/mol. The van der Waals surface area contributed by atoms with Crippen molar-refractivity contribution in [2.45, 2.75) is 12.5 Å². The number of aromatic hydroxyl groups is 1. The van der Waals surface area contributed by atoms with Gasteiger partial charge >= 0.3 is 51.4 Å². The molecule has 5 heteroatoms. The maximum Gasteiger partial charge on any atom is 1.00 e. The second kappa shape index (κ2) is 9.12. The van der Waals surface area contributed by atoms with Gasteiger partial charge in [0.25, 0.3) is 0 Å². The van der Waals surface area contributed by atoms with Crippen LogP contribution in [0.5, 0.6) is 5.75 Å². The van der Waals surface area contributed by atoms with E-state index in [1.807, 2.05) is 30.3 Å². The SMILES string of the molecule is O=C([O-])C(Cc1ccccc1)N=Cc1ccccc1O.[K+]. The monoisotopic (exact) mass is 307 g/mol. The number of benzene rings is 2. The van der Waals surface area contributed by atoms with Crippen molar-refractivity contribution in [3.63, 3.8) is 0 Å². The van der Waals surface area contributed by atoms with Crippen LogP contribution in [0.1, 0.15) is 11.1 Å². The quantitative estimate of drug-likeness (QED) is 0.522. The molecule has 2 rings (SSSR count). The maximum atomic E-state index is 11.1. The Labute approximate surface area is 166 Å². The summed E-state index contributed by atoms with van der Waals surface area (Å²) < 4.78 is 0. The van der Waals surface area contributed by atoms with Crippen LogP contribution in [0.25, 0.3) is 0 Å². The molecule has 1 unspecified atom stereocenters. The first-order valence-electron chi connectivity index (χ1n) is 6.23. The first-order chi connectivity index (χ1) is 9.66. The molecule has 21 heavy (non-hydrogen) atoms. The van der Waals surface area contributed by atoms with Gasteiger partial charge in [-0.25, -0.2) is 0 Å². The summed E-state index contributed by atoms with van der Waals surface area (Å²) >= 11 is 0. The van der Waals surface area contributed by atoms with E-state index in [1.165, 1.54) is 12.3 Å². The van der Waals surface area contributed by atoms with Crippen molar-refractivity contribution in [2.24, 2.45) is 4.99 Å². The molecule has 0 aromatic heterocycles. The third-order valence-corrected chi connectivity index (χ3v) is 2.87. The minimum absolute atomic E-state index is 0. The van der Waals surface area contributed by atoms with Gasteiger partial charge in [-0.3, -0.25) is 4.99 Å². The third kappa shape index (κ3) is 5.72. The average Bonchev–Trinajstić information content (AvgIpc) is 2.46. The molecule has 102 valence electrons. The molecule has 0 heterocycles. The predicted octanol–water partition coefficient (Wildman–Crippen LogP) is -1.82. The second-order valence-corrected chi connectivity index (χ2v) is 4.36. The minimum Gasteiger partial charge on any atom is -0.548 e. The van der Waals surface area contributed by atoms with Crippen LogP contribution >= 0.6 is 0 Å². The molecule has 0 saturated heterocycles. The van der Waals surface area contributed by atoms with Crippen LogP contribution in [0.3, 0.4) is 0 Å². The number of carbonyl (C=O) groups is 1. The molecule has 2 aromatic rings. The van der Waals surface area contributed by atoms with Gasteiger partial charge in [-0.1, -0.05) is 42.5 Å². The van der Waals surface area contributed by atoms with Gasteiger partial charge in [-0.05, 0) is 17.7 Å². The van der Waals surface area contributed by atoms with E-state index in [0.29, 0.717) is 5.56 Å². The van der Waals surface area contributed by atoms with Crippen LogP contribution in [0.2, 0.25) is 0 Å². The van der Waals surface area contributed by atoms with Gasteiger partial charge in [-0.2, -0.15) is 0 Å². The zero-order valence-corrected chi connectivity index (χ0v) is 14.9. The number of aliphatic carboxylic acids is 1. The summed E-state index contributed by atoms with van der Waals surface area (Å²) in [7, 11) is 0. The summed E-state index contributed by atoms with van der Waals surface area (Å²) in [6.45, 7) is 0. The van der Waals surface area contributed by atoms with Gasteiger partial charge in [0.15, 0.2) is 0 Å². The average molecular weight is 307 g/mol.